The number of nitrogens with one attached hydrogen (secondary N) is 1. The molecule has 1 amide bonds. The number of carbonyl (C=O) groups is 1. The van der Waals surface area contributed by atoms with Crippen molar-refractivity contribution in [1.82, 2.24) is 5.32 Å². The molecule has 0 saturated heterocycles. The van der Waals surface area contributed by atoms with Crippen LogP contribution in [0.4, 0.5) is 4.39 Å². The Labute approximate surface area is 97.0 Å². The average Bonchev–Trinajstić information content (AvgIpc) is 2.68. The van der Waals surface area contributed by atoms with E-state index < -0.39 is 12.0 Å². The number of hydrogen-bond acceptors (Lipinski definition) is 3. The predicted molar refractivity (Wildman–Crippen MR) is 60.2 cm³/mol. The number of benzene rings is 1. The van der Waals surface area contributed by atoms with E-state index in [2.05, 4.69) is 5.32 Å². The third-order valence-corrected chi connectivity index (χ3v) is 2.26. The second kappa shape index (κ2) is 4.55. The monoisotopic (exact) mass is 237 g/mol. The Bertz CT molecular complexity index is 548. The van der Waals surface area contributed by atoms with Crippen molar-refractivity contribution in [3.05, 3.63) is 35.8 Å². The molecule has 0 aliphatic rings. The van der Waals surface area contributed by atoms with Gasteiger partial charge >= 0.3 is 0 Å². The van der Waals surface area contributed by atoms with E-state index in [9.17, 15) is 9.18 Å². The van der Waals surface area contributed by atoms with Crippen LogP contribution in [0.5, 0.6) is 0 Å². The molecule has 2 N–H and O–H groups in total. The maximum Gasteiger partial charge on any atom is 0.287 e. The van der Waals surface area contributed by atoms with Crippen LogP contribution in [0.2, 0.25) is 0 Å². The molecule has 2 rings (SSSR count). The summed E-state index contributed by atoms with van der Waals surface area (Å²) in [6.45, 7) is 1.71. The van der Waals surface area contributed by atoms with Gasteiger partial charge in [0.2, 0.25) is 0 Å². The summed E-state index contributed by atoms with van der Waals surface area (Å²) in [5.41, 5.74) is 0.452. The lowest BCUT2D eigenvalue weighted by molar-refractivity contribution is 0.0899. The van der Waals surface area contributed by atoms with Crippen molar-refractivity contribution < 1.29 is 18.7 Å². The van der Waals surface area contributed by atoms with E-state index in [0.717, 1.165) is 0 Å². The zero-order valence-electron chi connectivity index (χ0n) is 9.24. The van der Waals surface area contributed by atoms with E-state index in [1.165, 1.54) is 24.3 Å². The number of furan rings is 1. The average molecular weight is 237 g/mol. The molecular formula is C12H12FNO3. The van der Waals surface area contributed by atoms with Crippen molar-refractivity contribution in [1.29, 1.82) is 0 Å². The first kappa shape index (κ1) is 11.6. The minimum absolute atomic E-state index is 0.103. The standard InChI is InChI=1S/C12H12FNO3/c1-7(15)6-14-12(16)11-5-8-4-9(13)2-3-10(8)17-11/h2-5,7,15H,6H2,1H3,(H,14,16). The van der Waals surface area contributed by atoms with Crippen LogP contribution in [0.15, 0.2) is 28.7 Å². The van der Waals surface area contributed by atoms with Gasteiger partial charge in [0.15, 0.2) is 5.76 Å². The number of carbonyl (C=O) groups excluding carboxylic acids is 1. The summed E-state index contributed by atoms with van der Waals surface area (Å²) < 4.78 is 18.2. The van der Waals surface area contributed by atoms with Crippen molar-refractivity contribution in [2.75, 3.05) is 6.54 Å². The molecule has 0 fully saturated rings. The Morgan fingerprint density at radius 1 is 1.53 bits per heavy atom. The highest BCUT2D eigenvalue weighted by Crippen LogP contribution is 2.20. The van der Waals surface area contributed by atoms with Crippen LogP contribution < -0.4 is 5.32 Å². The molecule has 1 atom stereocenters. The fourth-order valence-electron chi connectivity index (χ4n) is 1.45. The number of aliphatic hydroxyl groups is 1. The van der Waals surface area contributed by atoms with Crippen molar-refractivity contribution in [3.63, 3.8) is 0 Å². The largest absolute Gasteiger partial charge is 0.451 e. The van der Waals surface area contributed by atoms with E-state index in [1.807, 2.05) is 0 Å². The summed E-state index contributed by atoms with van der Waals surface area (Å²) in [4.78, 5) is 11.6. The van der Waals surface area contributed by atoms with Gasteiger partial charge in [0, 0.05) is 11.9 Å². The van der Waals surface area contributed by atoms with Gasteiger partial charge in [0.05, 0.1) is 6.10 Å². The third-order valence-electron chi connectivity index (χ3n) is 2.26. The summed E-state index contributed by atoms with van der Waals surface area (Å²) in [5.74, 6) is -0.706. The molecule has 0 bridgehead atoms. The number of hydrogen-bond donors (Lipinski definition) is 2. The van der Waals surface area contributed by atoms with Gasteiger partial charge in [0.25, 0.3) is 5.91 Å². The quantitative estimate of drug-likeness (QED) is 0.853. The van der Waals surface area contributed by atoms with Crippen molar-refractivity contribution in [3.8, 4) is 0 Å². The Hall–Kier alpha value is -1.88. The van der Waals surface area contributed by atoms with Gasteiger partial charge in [-0.15, -0.1) is 0 Å². The molecule has 5 heteroatoms. The lowest BCUT2D eigenvalue weighted by atomic mass is 10.2. The predicted octanol–water partition coefficient (Wildman–Crippen LogP) is 1.68. The lowest BCUT2D eigenvalue weighted by Gasteiger charge is -2.04. The zero-order chi connectivity index (χ0) is 12.4. The molecule has 0 radical (unpaired) electrons. The van der Waals surface area contributed by atoms with Crippen LogP contribution in [-0.4, -0.2) is 23.7 Å². The smallest absolute Gasteiger partial charge is 0.287 e. The minimum atomic E-state index is -0.624. The molecule has 4 nitrogen and oxygen atoms in total. The first-order chi connectivity index (χ1) is 8.06. The van der Waals surface area contributed by atoms with Crippen LogP contribution in [0.3, 0.4) is 0 Å². The Balaban J connectivity index is 2.21. The molecular weight excluding hydrogens is 225 g/mol. The van der Waals surface area contributed by atoms with Crippen molar-refractivity contribution in [2.45, 2.75) is 13.0 Å². The molecule has 1 aromatic heterocycles. The molecule has 0 spiro atoms. The van der Waals surface area contributed by atoms with Gasteiger partial charge in [-0.05, 0) is 31.2 Å². The normalized spacial score (nSPS) is 12.6. The number of aliphatic hydroxyl groups excluding tert-OH is 1. The summed E-state index contributed by atoms with van der Waals surface area (Å²) in [5, 5.41) is 12.1. The number of amides is 1. The Morgan fingerprint density at radius 2 is 2.29 bits per heavy atom. The van der Waals surface area contributed by atoms with Gasteiger partial charge < -0.3 is 14.8 Å². The second-order valence-corrected chi connectivity index (χ2v) is 3.85. The fraction of sp³-hybridized carbons (Fsp3) is 0.250. The zero-order valence-corrected chi connectivity index (χ0v) is 9.24. The van der Waals surface area contributed by atoms with E-state index in [4.69, 9.17) is 9.52 Å². The first-order valence-corrected chi connectivity index (χ1v) is 5.21. The summed E-state index contributed by atoms with van der Waals surface area (Å²) in [6.07, 6.45) is -0.624. The SMILES string of the molecule is CC(O)CNC(=O)c1cc2cc(F)ccc2o1. The number of fused-ring (bicyclic) bond motifs is 1. The molecule has 0 aliphatic heterocycles. The summed E-state index contributed by atoms with van der Waals surface area (Å²) >= 11 is 0. The fourth-order valence-corrected chi connectivity index (χ4v) is 1.45. The van der Waals surface area contributed by atoms with Crippen LogP contribution in [0.25, 0.3) is 11.0 Å². The molecule has 0 saturated carbocycles. The molecule has 2 aromatic rings. The molecule has 1 heterocycles. The lowest BCUT2D eigenvalue weighted by Crippen LogP contribution is -2.30. The van der Waals surface area contributed by atoms with E-state index in [0.29, 0.717) is 11.0 Å². The minimum Gasteiger partial charge on any atom is -0.451 e. The summed E-state index contributed by atoms with van der Waals surface area (Å²) in [7, 11) is 0. The first-order valence-electron chi connectivity index (χ1n) is 5.21. The van der Waals surface area contributed by atoms with E-state index in [-0.39, 0.29) is 18.1 Å². The summed E-state index contributed by atoms with van der Waals surface area (Å²) in [6, 6.07) is 5.50. The van der Waals surface area contributed by atoms with Crippen LogP contribution in [0.1, 0.15) is 17.5 Å². The third kappa shape index (κ3) is 2.62. The van der Waals surface area contributed by atoms with E-state index >= 15 is 0 Å². The van der Waals surface area contributed by atoms with Gasteiger partial charge in [-0.3, -0.25) is 4.79 Å². The Kier molecular flexibility index (Phi) is 3.10. The van der Waals surface area contributed by atoms with E-state index in [1.54, 1.807) is 6.92 Å². The topological polar surface area (TPSA) is 62.5 Å². The van der Waals surface area contributed by atoms with Gasteiger partial charge in [-0.1, -0.05) is 0 Å². The van der Waals surface area contributed by atoms with Crippen molar-refractivity contribution >= 4 is 16.9 Å². The van der Waals surface area contributed by atoms with Crippen LogP contribution in [-0.2, 0) is 0 Å². The van der Waals surface area contributed by atoms with Gasteiger partial charge in [-0.25, -0.2) is 4.39 Å². The maximum atomic E-state index is 12.9. The highest BCUT2D eigenvalue weighted by molar-refractivity contribution is 5.96. The van der Waals surface area contributed by atoms with Crippen molar-refractivity contribution in [2.24, 2.45) is 0 Å². The molecule has 17 heavy (non-hydrogen) atoms. The second-order valence-electron chi connectivity index (χ2n) is 3.85. The van der Waals surface area contributed by atoms with Crippen LogP contribution >= 0.6 is 0 Å². The molecule has 0 aliphatic carbocycles. The van der Waals surface area contributed by atoms with Gasteiger partial charge in [-0.2, -0.15) is 0 Å². The Morgan fingerprint density at radius 3 is 3.00 bits per heavy atom. The van der Waals surface area contributed by atoms with Gasteiger partial charge in [0.1, 0.15) is 11.4 Å². The maximum absolute atomic E-state index is 12.9. The number of rotatable bonds is 3. The molecule has 1 unspecified atom stereocenters. The molecule has 90 valence electrons. The highest BCUT2D eigenvalue weighted by Gasteiger charge is 2.12. The highest BCUT2D eigenvalue weighted by atomic mass is 19.1. The number of halogens is 1. The molecule has 1 aromatic carbocycles. The van der Waals surface area contributed by atoms with Crippen LogP contribution in [0, 0.1) is 5.82 Å².